The summed E-state index contributed by atoms with van der Waals surface area (Å²) in [5.74, 6) is 0. The van der Waals surface area contributed by atoms with E-state index < -0.39 is 10.1 Å². The Bertz CT molecular complexity index is 1200. The van der Waals surface area contributed by atoms with Crippen LogP contribution in [-0.2, 0) is 10.1 Å². The zero-order valence-corrected chi connectivity index (χ0v) is 17.5. The molecule has 3 nitrogen and oxygen atoms in total. The van der Waals surface area contributed by atoms with Crippen LogP contribution in [0.1, 0.15) is 0 Å². The maximum absolute atomic E-state index is 11.6. The molecule has 0 aromatic heterocycles. The van der Waals surface area contributed by atoms with E-state index in [0.717, 1.165) is 21.5 Å². The summed E-state index contributed by atoms with van der Waals surface area (Å²) in [4.78, 5) is -0.355. The quantitative estimate of drug-likeness (QED) is 0.287. The summed E-state index contributed by atoms with van der Waals surface area (Å²) in [5.41, 5.74) is 0. The fraction of sp³-hybridized carbons (Fsp3) is 0. The molecule has 0 aliphatic carbocycles. The smallest absolute Gasteiger partial charge is 0.744 e. The van der Waals surface area contributed by atoms with Crippen LogP contribution in [0.25, 0.3) is 32.3 Å². The van der Waals surface area contributed by atoms with E-state index in [0.29, 0.717) is 10.8 Å². The van der Waals surface area contributed by atoms with Gasteiger partial charge in [0.25, 0.3) is 0 Å². The van der Waals surface area contributed by atoms with Gasteiger partial charge in [-0.25, -0.2) is 8.42 Å². The van der Waals surface area contributed by atoms with E-state index in [9.17, 15) is 13.0 Å². The minimum Gasteiger partial charge on any atom is -0.744 e. The molecule has 0 saturated heterocycles. The zero-order valence-electron chi connectivity index (χ0n) is 12.8. The SMILES string of the molecule is O=S(=O)([O-])c1c(Cl)ccc2cc3cc4ccccc4cc3cc12.[K+]. The summed E-state index contributed by atoms with van der Waals surface area (Å²) >= 11 is 5.95. The van der Waals surface area contributed by atoms with Crippen molar-refractivity contribution in [2.75, 3.05) is 0 Å². The molecule has 4 aromatic rings. The minimum atomic E-state index is -4.65. The van der Waals surface area contributed by atoms with E-state index in [2.05, 4.69) is 0 Å². The van der Waals surface area contributed by atoms with Gasteiger partial charge in [-0.1, -0.05) is 41.9 Å². The monoisotopic (exact) mass is 380 g/mol. The Morgan fingerprint density at radius 3 is 1.88 bits per heavy atom. The standard InChI is InChI=1S/C18H11ClO3S.K/c19-17-6-5-13-9-14-7-11-3-1-2-4-12(11)8-15(14)10-16(13)18(17)23(20,21)22;/h1-10H,(H,20,21,22);/q;+1/p-1. The third kappa shape index (κ3) is 3.16. The van der Waals surface area contributed by atoms with Crippen molar-refractivity contribution < 1.29 is 64.4 Å². The fourth-order valence-corrected chi connectivity index (χ4v) is 4.17. The predicted molar refractivity (Wildman–Crippen MR) is 91.9 cm³/mol. The van der Waals surface area contributed by atoms with Crippen LogP contribution in [0.4, 0.5) is 0 Å². The van der Waals surface area contributed by atoms with E-state index in [1.54, 1.807) is 12.1 Å². The van der Waals surface area contributed by atoms with E-state index in [-0.39, 0.29) is 61.3 Å². The number of hydrogen-bond donors (Lipinski definition) is 0. The molecule has 0 unspecified atom stereocenters. The van der Waals surface area contributed by atoms with Crippen molar-refractivity contribution in [3.8, 4) is 0 Å². The largest absolute Gasteiger partial charge is 1.00 e. The van der Waals surface area contributed by atoms with Crippen molar-refractivity contribution in [2.24, 2.45) is 0 Å². The summed E-state index contributed by atoms with van der Waals surface area (Å²) in [6, 6.07) is 18.7. The number of rotatable bonds is 1. The molecule has 4 aromatic carbocycles. The van der Waals surface area contributed by atoms with E-state index in [1.807, 2.05) is 42.5 Å². The first-order valence-electron chi connectivity index (χ1n) is 6.94. The van der Waals surface area contributed by atoms with Crippen LogP contribution in [0.5, 0.6) is 0 Å². The van der Waals surface area contributed by atoms with Crippen LogP contribution in [0.3, 0.4) is 0 Å². The molecule has 6 heteroatoms. The van der Waals surface area contributed by atoms with Gasteiger partial charge in [0.2, 0.25) is 0 Å². The van der Waals surface area contributed by atoms with Crippen molar-refractivity contribution in [1.82, 2.24) is 0 Å². The summed E-state index contributed by atoms with van der Waals surface area (Å²) in [6.45, 7) is 0. The Hall–Kier alpha value is -0.504. The van der Waals surface area contributed by atoms with Gasteiger partial charge < -0.3 is 4.55 Å². The first kappa shape index (κ1) is 18.3. The second kappa shape index (κ2) is 6.66. The molecule has 0 bridgehead atoms. The van der Waals surface area contributed by atoms with Crippen molar-refractivity contribution >= 4 is 54.0 Å². The van der Waals surface area contributed by atoms with Gasteiger partial charge in [-0.2, -0.15) is 0 Å². The van der Waals surface area contributed by atoms with Gasteiger partial charge in [0.1, 0.15) is 10.1 Å². The molecule has 0 radical (unpaired) electrons. The molecular formula is C18H10ClKO3S. The van der Waals surface area contributed by atoms with Crippen LogP contribution in [0.2, 0.25) is 5.02 Å². The van der Waals surface area contributed by atoms with Crippen molar-refractivity contribution in [3.63, 3.8) is 0 Å². The minimum absolute atomic E-state index is 0. The van der Waals surface area contributed by atoms with Crippen molar-refractivity contribution in [3.05, 3.63) is 65.7 Å². The van der Waals surface area contributed by atoms with E-state index in [1.165, 1.54) is 6.07 Å². The third-order valence-corrected chi connectivity index (χ3v) is 5.36. The van der Waals surface area contributed by atoms with Crippen LogP contribution in [-0.4, -0.2) is 13.0 Å². The maximum atomic E-state index is 11.6. The maximum Gasteiger partial charge on any atom is 1.00 e. The Kier molecular flexibility index (Phi) is 5.08. The molecule has 0 atom stereocenters. The number of benzene rings is 4. The molecule has 0 fully saturated rings. The predicted octanol–water partition coefficient (Wildman–Crippen LogP) is 1.71. The molecule has 0 aliphatic rings. The van der Waals surface area contributed by atoms with Gasteiger partial charge in [-0.05, 0) is 57.3 Å². The number of halogens is 1. The van der Waals surface area contributed by atoms with Crippen LogP contribution in [0, 0.1) is 0 Å². The van der Waals surface area contributed by atoms with Crippen molar-refractivity contribution in [1.29, 1.82) is 0 Å². The fourth-order valence-electron chi connectivity index (χ4n) is 2.97. The van der Waals surface area contributed by atoms with Crippen molar-refractivity contribution in [2.45, 2.75) is 4.90 Å². The molecular weight excluding hydrogens is 371 g/mol. The molecule has 0 saturated carbocycles. The summed E-state index contributed by atoms with van der Waals surface area (Å²) in [7, 11) is -4.65. The topological polar surface area (TPSA) is 57.2 Å². The molecule has 0 aliphatic heterocycles. The molecule has 0 heterocycles. The normalized spacial score (nSPS) is 11.8. The second-order valence-corrected chi connectivity index (χ2v) is 7.17. The Balaban J connectivity index is 0.00000169. The number of fused-ring (bicyclic) bond motifs is 3. The van der Waals surface area contributed by atoms with Gasteiger partial charge in [0.05, 0.1) is 9.92 Å². The molecule has 0 amide bonds. The van der Waals surface area contributed by atoms with Gasteiger partial charge in [-0.3, -0.25) is 0 Å². The molecule has 114 valence electrons. The molecule has 0 N–H and O–H groups in total. The van der Waals surface area contributed by atoms with E-state index in [4.69, 9.17) is 11.6 Å². The second-order valence-electron chi connectivity index (χ2n) is 5.45. The Morgan fingerprint density at radius 2 is 1.29 bits per heavy atom. The molecule has 24 heavy (non-hydrogen) atoms. The van der Waals surface area contributed by atoms with Gasteiger partial charge in [0.15, 0.2) is 0 Å². The Morgan fingerprint density at radius 1 is 0.750 bits per heavy atom. The average molecular weight is 381 g/mol. The van der Waals surface area contributed by atoms with Crippen LogP contribution in [0.15, 0.2) is 65.6 Å². The first-order valence-corrected chi connectivity index (χ1v) is 8.73. The summed E-state index contributed by atoms with van der Waals surface area (Å²) < 4.78 is 34.7. The van der Waals surface area contributed by atoms with E-state index >= 15 is 0 Å². The summed E-state index contributed by atoms with van der Waals surface area (Å²) in [6.07, 6.45) is 0. The van der Waals surface area contributed by atoms with Crippen LogP contribution >= 0.6 is 11.6 Å². The third-order valence-electron chi connectivity index (χ3n) is 3.99. The van der Waals surface area contributed by atoms with Gasteiger partial charge in [-0.15, -0.1) is 0 Å². The molecule has 4 rings (SSSR count). The zero-order chi connectivity index (χ0) is 16.2. The average Bonchev–Trinajstić information content (AvgIpc) is 2.49. The summed E-state index contributed by atoms with van der Waals surface area (Å²) in [5, 5.41) is 4.98. The van der Waals surface area contributed by atoms with Gasteiger partial charge in [0, 0.05) is 5.39 Å². The van der Waals surface area contributed by atoms with Gasteiger partial charge >= 0.3 is 51.4 Å². The van der Waals surface area contributed by atoms with Crippen LogP contribution < -0.4 is 51.4 Å². The Labute approximate surface area is 186 Å². The number of hydrogen-bond acceptors (Lipinski definition) is 3. The first-order chi connectivity index (χ1) is 10.9. The molecule has 0 spiro atoms.